The van der Waals surface area contributed by atoms with Crippen molar-refractivity contribution in [2.24, 2.45) is 0 Å². The summed E-state index contributed by atoms with van der Waals surface area (Å²) in [6.45, 7) is 2.89. The number of ether oxygens (including phenoxy) is 1. The van der Waals surface area contributed by atoms with Gasteiger partial charge in [0.2, 0.25) is 5.91 Å². The predicted molar refractivity (Wildman–Crippen MR) is 89.4 cm³/mol. The van der Waals surface area contributed by atoms with Crippen LogP contribution < -0.4 is 10.6 Å². The Labute approximate surface area is 142 Å². The lowest BCUT2D eigenvalue weighted by molar-refractivity contribution is -0.131. The summed E-state index contributed by atoms with van der Waals surface area (Å²) in [5, 5.41) is 6.47. The van der Waals surface area contributed by atoms with Gasteiger partial charge in [0.15, 0.2) is 0 Å². The molecule has 2 aliphatic rings. The van der Waals surface area contributed by atoms with Crippen LogP contribution >= 0.6 is 12.4 Å². The second-order valence-corrected chi connectivity index (χ2v) is 6.22. The maximum absolute atomic E-state index is 13.6. The minimum Gasteiger partial charge on any atom is -0.381 e. The molecule has 0 saturated carbocycles. The van der Waals surface area contributed by atoms with E-state index in [4.69, 9.17) is 4.74 Å². The molecule has 128 valence electrons. The van der Waals surface area contributed by atoms with Gasteiger partial charge in [0.1, 0.15) is 5.82 Å². The first-order valence-electron chi connectivity index (χ1n) is 8.06. The number of benzene rings is 1. The normalized spacial score (nSPS) is 23.6. The fourth-order valence-corrected chi connectivity index (χ4v) is 3.45. The molecule has 2 N–H and O–H groups in total. The molecular weight excluding hydrogens is 319 g/mol. The third kappa shape index (κ3) is 4.03. The molecule has 0 radical (unpaired) electrons. The van der Waals surface area contributed by atoms with Crippen LogP contribution in [0.4, 0.5) is 4.39 Å². The number of hydrogen-bond acceptors (Lipinski definition) is 3. The van der Waals surface area contributed by atoms with Crippen molar-refractivity contribution in [3.05, 3.63) is 35.6 Å². The number of amides is 1. The highest BCUT2D eigenvalue weighted by Crippen LogP contribution is 2.35. The number of halogens is 2. The smallest absolute Gasteiger partial charge is 0.231 e. The minimum atomic E-state index is -0.669. The molecule has 4 nitrogen and oxygen atoms in total. The maximum atomic E-state index is 13.6. The quantitative estimate of drug-likeness (QED) is 0.885. The zero-order valence-electron chi connectivity index (χ0n) is 13.1. The average molecular weight is 343 g/mol. The molecule has 1 atom stereocenters. The Morgan fingerprint density at radius 2 is 2.13 bits per heavy atom. The first-order valence-corrected chi connectivity index (χ1v) is 8.06. The molecule has 0 aliphatic carbocycles. The van der Waals surface area contributed by atoms with Gasteiger partial charge in [-0.2, -0.15) is 0 Å². The highest BCUT2D eigenvalue weighted by atomic mass is 35.5. The predicted octanol–water partition coefficient (Wildman–Crippen LogP) is 2.16. The molecule has 2 fully saturated rings. The highest BCUT2D eigenvalue weighted by Gasteiger charge is 2.42. The van der Waals surface area contributed by atoms with Gasteiger partial charge in [-0.1, -0.05) is 12.1 Å². The molecule has 2 heterocycles. The largest absolute Gasteiger partial charge is 0.381 e. The Bertz CT molecular complexity index is 529. The number of nitrogens with one attached hydrogen (secondary N) is 2. The molecule has 0 aromatic heterocycles. The van der Waals surface area contributed by atoms with Crippen molar-refractivity contribution in [1.82, 2.24) is 10.6 Å². The number of hydrogen-bond donors (Lipinski definition) is 2. The van der Waals surface area contributed by atoms with Crippen LogP contribution in [0.1, 0.15) is 31.2 Å². The van der Waals surface area contributed by atoms with Crippen LogP contribution in [0.2, 0.25) is 0 Å². The van der Waals surface area contributed by atoms with Crippen molar-refractivity contribution < 1.29 is 13.9 Å². The first-order chi connectivity index (χ1) is 10.7. The molecule has 2 aliphatic heterocycles. The summed E-state index contributed by atoms with van der Waals surface area (Å²) < 4.78 is 19.1. The lowest BCUT2D eigenvalue weighted by Gasteiger charge is -2.38. The Morgan fingerprint density at radius 3 is 2.78 bits per heavy atom. The van der Waals surface area contributed by atoms with Crippen LogP contribution in [0.15, 0.2) is 24.3 Å². The van der Waals surface area contributed by atoms with Crippen LogP contribution in [-0.2, 0) is 14.9 Å². The summed E-state index contributed by atoms with van der Waals surface area (Å²) in [6.07, 6.45) is 3.26. The van der Waals surface area contributed by atoms with Crippen LogP contribution in [0.3, 0.4) is 0 Å². The van der Waals surface area contributed by atoms with Crippen molar-refractivity contribution >= 4 is 18.3 Å². The molecule has 1 amide bonds. The van der Waals surface area contributed by atoms with Crippen LogP contribution in [-0.4, -0.2) is 38.3 Å². The SMILES string of the molecule is Cl.O=C(N[C@H]1CCCNC1)C1(c2cccc(F)c2)CCOCC1. The minimum absolute atomic E-state index is 0. The van der Waals surface area contributed by atoms with E-state index in [1.165, 1.54) is 12.1 Å². The molecule has 0 unspecified atom stereocenters. The summed E-state index contributed by atoms with van der Waals surface area (Å²) in [5.41, 5.74) is 0.0923. The third-order valence-electron chi connectivity index (χ3n) is 4.79. The van der Waals surface area contributed by atoms with E-state index in [1.807, 2.05) is 6.07 Å². The third-order valence-corrected chi connectivity index (χ3v) is 4.79. The molecule has 1 aromatic rings. The Kier molecular flexibility index (Phi) is 6.39. The van der Waals surface area contributed by atoms with E-state index in [9.17, 15) is 9.18 Å². The van der Waals surface area contributed by atoms with Crippen molar-refractivity contribution in [1.29, 1.82) is 0 Å². The van der Waals surface area contributed by atoms with Crippen molar-refractivity contribution in [3.8, 4) is 0 Å². The maximum Gasteiger partial charge on any atom is 0.231 e. The Hall–Kier alpha value is -1.17. The zero-order chi connectivity index (χ0) is 15.4. The van der Waals surface area contributed by atoms with E-state index in [2.05, 4.69) is 10.6 Å². The van der Waals surface area contributed by atoms with E-state index in [0.717, 1.165) is 31.5 Å². The molecule has 3 rings (SSSR count). The number of rotatable bonds is 3. The van der Waals surface area contributed by atoms with E-state index < -0.39 is 5.41 Å². The summed E-state index contributed by atoms with van der Waals surface area (Å²) >= 11 is 0. The highest BCUT2D eigenvalue weighted by molar-refractivity contribution is 5.88. The van der Waals surface area contributed by atoms with Gasteiger partial charge >= 0.3 is 0 Å². The monoisotopic (exact) mass is 342 g/mol. The standard InChI is InChI=1S/C17H23FN2O2.ClH/c18-14-4-1-3-13(11-14)17(6-9-22-10-7-17)16(21)20-15-5-2-8-19-12-15;/h1,3-4,11,15,19H,2,5-10,12H2,(H,20,21);1H/t15-;/m0./s1. The van der Waals surface area contributed by atoms with Crippen LogP contribution in [0, 0.1) is 5.82 Å². The summed E-state index contributed by atoms with van der Waals surface area (Å²) in [7, 11) is 0. The Morgan fingerprint density at radius 1 is 1.35 bits per heavy atom. The van der Waals surface area contributed by atoms with Crippen LogP contribution in [0.25, 0.3) is 0 Å². The molecule has 2 saturated heterocycles. The van der Waals surface area contributed by atoms with Gasteiger partial charge in [-0.25, -0.2) is 4.39 Å². The van der Waals surface area contributed by atoms with Gasteiger partial charge in [-0.3, -0.25) is 4.79 Å². The second kappa shape index (κ2) is 8.08. The van der Waals surface area contributed by atoms with Crippen molar-refractivity contribution in [2.45, 2.75) is 37.1 Å². The topological polar surface area (TPSA) is 50.4 Å². The summed E-state index contributed by atoms with van der Waals surface area (Å²) in [6, 6.07) is 6.60. The Balaban J connectivity index is 0.00000192. The van der Waals surface area contributed by atoms with Gasteiger partial charge in [0.05, 0.1) is 5.41 Å². The fourth-order valence-electron chi connectivity index (χ4n) is 3.45. The molecule has 23 heavy (non-hydrogen) atoms. The second-order valence-electron chi connectivity index (χ2n) is 6.22. The number of carbonyl (C=O) groups excluding carboxylic acids is 1. The van der Waals surface area contributed by atoms with Gasteiger partial charge in [0, 0.05) is 25.8 Å². The van der Waals surface area contributed by atoms with E-state index >= 15 is 0 Å². The van der Waals surface area contributed by atoms with Gasteiger partial charge in [0.25, 0.3) is 0 Å². The van der Waals surface area contributed by atoms with Gasteiger partial charge in [-0.15, -0.1) is 12.4 Å². The van der Waals surface area contributed by atoms with Crippen molar-refractivity contribution in [2.75, 3.05) is 26.3 Å². The van der Waals surface area contributed by atoms with Crippen LogP contribution in [0.5, 0.6) is 0 Å². The molecular formula is C17H24ClFN2O2. The van der Waals surface area contributed by atoms with Crippen molar-refractivity contribution in [3.63, 3.8) is 0 Å². The lowest BCUT2D eigenvalue weighted by Crippen LogP contribution is -2.54. The number of piperidine rings is 1. The average Bonchev–Trinajstić information content (AvgIpc) is 2.56. The molecule has 6 heteroatoms. The number of carbonyl (C=O) groups is 1. The summed E-state index contributed by atoms with van der Waals surface area (Å²) in [4.78, 5) is 13.0. The molecule has 1 aromatic carbocycles. The molecule has 0 bridgehead atoms. The first kappa shape index (κ1) is 18.2. The van der Waals surface area contributed by atoms with E-state index in [-0.39, 0.29) is 30.2 Å². The van der Waals surface area contributed by atoms with Gasteiger partial charge < -0.3 is 15.4 Å². The fraction of sp³-hybridized carbons (Fsp3) is 0.588. The zero-order valence-corrected chi connectivity index (χ0v) is 14.0. The summed E-state index contributed by atoms with van der Waals surface area (Å²) in [5.74, 6) is -0.286. The van der Waals surface area contributed by atoms with E-state index in [0.29, 0.717) is 26.1 Å². The van der Waals surface area contributed by atoms with Gasteiger partial charge in [-0.05, 0) is 49.9 Å². The molecule has 0 spiro atoms. The van der Waals surface area contributed by atoms with E-state index in [1.54, 1.807) is 6.07 Å². The lowest BCUT2D eigenvalue weighted by atomic mass is 9.73.